The van der Waals surface area contributed by atoms with Crippen molar-refractivity contribution in [3.63, 3.8) is 0 Å². The lowest BCUT2D eigenvalue weighted by Gasteiger charge is -1.86. The molecule has 0 aliphatic carbocycles. The van der Waals surface area contributed by atoms with Crippen molar-refractivity contribution in [2.75, 3.05) is 6.54 Å². The first kappa shape index (κ1) is 14.0. The number of aliphatic carboxylic acids is 1. The van der Waals surface area contributed by atoms with Gasteiger partial charge in [-0.2, -0.15) is 0 Å². The number of carbonyl (C=O) groups is 1. The van der Waals surface area contributed by atoms with Gasteiger partial charge < -0.3 is 10.8 Å². The molecule has 0 aromatic carbocycles. The molecule has 0 unspecified atom stereocenters. The maximum absolute atomic E-state index is 9.60. The van der Waals surface area contributed by atoms with Gasteiger partial charge in [-0.1, -0.05) is 26.7 Å². The molecule has 0 fully saturated rings. The molecule has 0 rings (SSSR count). The predicted octanol–water partition coefficient (Wildman–Crippen LogP) is 2.01. The molecule has 0 bridgehead atoms. The summed E-state index contributed by atoms with van der Waals surface area (Å²) >= 11 is 0. The van der Waals surface area contributed by atoms with Gasteiger partial charge in [0, 0.05) is 6.42 Å². The van der Waals surface area contributed by atoms with Crippen molar-refractivity contribution in [1.82, 2.24) is 0 Å². The summed E-state index contributed by atoms with van der Waals surface area (Å²) < 4.78 is 0. The first-order valence-corrected chi connectivity index (χ1v) is 4.60. The van der Waals surface area contributed by atoms with E-state index >= 15 is 0 Å². The van der Waals surface area contributed by atoms with Crippen molar-refractivity contribution < 1.29 is 9.90 Å². The van der Waals surface area contributed by atoms with Crippen LogP contribution in [0.5, 0.6) is 0 Å². The van der Waals surface area contributed by atoms with E-state index < -0.39 is 5.97 Å². The highest BCUT2D eigenvalue weighted by atomic mass is 16.4. The van der Waals surface area contributed by atoms with Crippen molar-refractivity contribution >= 4 is 5.97 Å². The van der Waals surface area contributed by atoms with Crippen molar-refractivity contribution in [2.24, 2.45) is 5.73 Å². The highest BCUT2D eigenvalue weighted by Crippen LogP contribution is 1.88. The Balaban J connectivity index is 0. The van der Waals surface area contributed by atoms with Gasteiger partial charge >= 0.3 is 5.97 Å². The minimum absolute atomic E-state index is 0.292. The van der Waals surface area contributed by atoms with Crippen molar-refractivity contribution in [3.05, 3.63) is 0 Å². The van der Waals surface area contributed by atoms with Gasteiger partial charge in [0.25, 0.3) is 0 Å². The number of hydrogen-bond acceptors (Lipinski definition) is 2. The van der Waals surface area contributed by atoms with Gasteiger partial charge in [0.2, 0.25) is 0 Å². The molecule has 0 atom stereocenters. The number of unbranched alkanes of at least 4 members (excludes halogenated alkanes) is 2. The zero-order chi connectivity index (χ0) is 9.82. The number of carboxylic acid groups (broad SMARTS) is 1. The molecule has 0 heterocycles. The zero-order valence-corrected chi connectivity index (χ0v) is 8.18. The summed E-state index contributed by atoms with van der Waals surface area (Å²) in [6.07, 6.45) is 4.78. The molecule has 0 saturated heterocycles. The fourth-order valence-electron chi connectivity index (χ4n) is 0.608. The molecule has 0 aliphatic rings. The molecular weight excluding hydrogens is 154 g/mol. The second kappa shape index (κ2) is 13.1. The molecule has 12 heavy (non-hydrogen) atoms. The van der Waals surface area contributed by atoms with Gasteiger partial charge in [-0.3, -0.25) is 4.79 Å². The molecule has 0 aromatic rings. The third kappa shape index (κ3) is 22.7. The van der Waals surface area contributed by atoms with E-state index in [2.05, 4.69) is 6.92 Å². The fourth-order valence-corrected chi connectivity index (χ4v) is 0.608. The SMILES string of the molecule is CCCC(=O)O.CCCCCN. The molecule has 74 valence electrons. The quantitative estimate of drug-likeness (QED) is 0.628. The maximum Gasteiger partial charge on any atom is 0.303 e. The van der Waals surface area contributed by atoms with Gasteiger partial charge in [-0.25, -0.2) is 0 Å². The van der Waals surface area contributed by atoms with Crippen LogP contribution in [0.1, 0.15) is 46.0 Å². The average molecular weight is 175 g/mol. The smallest absolute Gasteiger partial charge is 0.303 e. The Bertz CT molecular complexity index is 90.5. The summed E-state index contributed by atoms with van der Waals surface area (Å²) in [4.78, 5) is 9.60. The summed E-state index contributed by atoms with van der Waals surface area (Å²) in [5.74, 6) is -0.711. The number of rotatable bonds is 5. The molecule has 3 N–H and O–H groups in total. The molecule has 0 radical (unpaired) electrons. The van der Waals surface area contributed by atoms with Crippen LogP contribution < -0.4 is 5.73 Å². The Morgan fingerprint density at radius 2 is 1.83 bits per heavy atom. The van der Waals surface area contributed by atoms with E-state index in [9.17, 15) is 4.79 Å². The molecular formula is C9H21NO2. The van der Waals surface area contributed by atoms with Crippen LogP contribution in [0.25, 0.3) is 0 Å². The molecule has 3 heteroatoms. The summed E-state index contributed by atoms with van der Waals surface area (Å²) in [6.45, 7) is 4.87. The van der Waals surface area contributed by atoms with Gasteiger partial charge in [0.1, 0.15) is 0 Å². The lowest BCUT2D eigenvalue weighted by atomic mass is 10.3. The van der Waals surface area contributed by atoms with Crippen LogP contribution in [0.3, 0.4) is 0 Å². The Morgan fingerprint density at radius 3 is 1.92 bits per heavy atom. The molecule has 0 aliphatic heterocycles. The number of carboxylic acids is 1. The van der Waals surface area contributed by atoms with Crippen molar-refractivity contribution in [3.8, 4) is 0 Å². The van der Waals surface area contributed by atoms with Gasteiger partial charge in [-0.05, 0) is 19.4 Å². The average Bonchev–Trinajstić information content (AvgIpc) is 2.02. The fraction of sp³-hybridized carbons (Fsp3) is 0.889. The second-order valence-electron chi connectivity index (χ2n) is 2.64. The monoisotopic (exact) mass is 175 g/mol. The van der Waals surface area contributed by atoms with E-state index in [0.29, 0.717) is 6.42 Å². The first-order chi connectivity index (χ1) is 5.68. The third-order valence-corrected chi connectivity index (χ3v) is 1.27. The van der Waals surface area contributed by atoms with Crippen LogP contribution in [-0.4, -0.2) is 17.6 Å². The minimum Gasteiger partial charge on any atom is -0.481 e. The first-order valence-electron chi connectivity index (χ1n) is 4.60. The van der Waals surface area contributed by atoms with Crippen LogP contribution in [0.2, 0.25) is 0 Å². The van der Waals surface area contributed by atoms with Crippen LogP contribution in [-0.2, 0) is 4.79 Å². The van der Waals surface area contributed by atoms with Gasteiger partial charge in [0.15, 0.2) is 0 Å². The second-order valence-corrected chi connectivity index (χ2v) is 2.64. The highest BCUT2D eigenvalue weighted by molar-refractivity contribution is 5.66. The standard InChI is InChI=1S/C5H13N.C4H8O2/c1-2-3-4-5-6;1-2-3-4(5)6/h2-6H2,1H3;2-3H2,1H3,(H,5,6). The topological polar surface area (TPSA) is 63.3 Å². The number of hydrogen-bond donors (Lipinski definition) is 2. The minimum atomic E-state index is -0.711. The Morgan fingerprint density at radius 1 is 1.25 bits per heavy atom. The summed E-state index contributed by atoms with van der Waals surface area (Å²) in [7, 11) is 0. The van der Waals surface area contributed by atoms with E-state index in [1.807, 2.05) is 6.92 Å². The zero-order valence-electron chi connectivity index (χ0n) is 8.18. The highest BCUT2D eigenvalue weighted by Gasteiger charge is 1.87. The molecule has 0 spiro atoms. The van der Waals surface area contributed by atoms with Crippen LogP contribution >= 0.6 is 0 Å². The van der Waals surface area contributed by atoms with E-state index in [4.69, 9.17) is 10.8 Å². The maximum atomic E-state index is 9.60. The lowest BCUT2D eigenvalue weighted by Crippen LogP contribution is -1.96. The van der Waals surface area contributed by atoms with Gasteiger partial charge in [-0.15, -0.1) is 0 Å². The normalized spacial score (nSPS) is 8.58. The number of nitrogens with two attached hydrogens (primary N) is 1. The van der Waals surface area contributed by atoms with E-state index in [1.54, 1.807) is 0 Å². The van der Waals surface area contributed by atoms with Crippen molar-refractivity contribution in [1.29, 1.82) is 0 Å². The van der Waals surface area contributed by atoms with Crippen LogP contribution in [0.15, 0.2) is 0 Å². The largest absolute Gasteiger partial charge is 0.481 e. The van der Waals surface area contributed by atoms with Crippen LogP contribution in [0.4, 0.5) is 0 Å². The molecule has 3 nitrogen and oxygen atoms in total. The molecule has 0 aromatic heterocycles. The van der Waals surface area contributed by atoms with E-state index in [0.717, 1.165) is 13.0 Å². The third-order valence-electron chi connectivity index (χ3n) is 1.27. The summed E-state index contributed by atoms with van der Waals surface area (Å²) in [6, 6.07) is 0. The van der Waals surface area contributed by atoms with Gasteiger partial charge in [0.05, 0.1) is 0 Å². The van der Waals surface area contributed by atoms with Crippen molar-refractivity contribution in [2.45, 2.75) is 46.0 Å². The summed E-state index contributed by atoms with van der Waals surface area (Å²) in [5, 5.41) is 7.91. The van der Waals surface area contributed by atoms with E-state index in [1.165, 1.54) is 19.3 Å². The lowest BCUT2D eigenvalue weighted by molar-refractivity contribution is -0.137. The summed E-state index contributed by atoms with van der Waals surface area (Å²) in [5.41, 5.74) is 5.21. The predicted molar refractivity (Wildman–Crippen MR) is 51.1 cm³/mol. The van der Waals surface area contributed by atoms with E-state index in [-0.39, 0.29) is 0 Å². The Labute approximate surface area is 75.0 Å². The Kier molecular flexibility index (Phi) is 15.2. The van der Waals surface area contributed by atoms with Crippen LogP contribution in [0, 0.1) is 0 Å². The molecule has 0 amide bonds. The molecule has 0 saturated carbocycles. The Hall–Kier alpha value is -0.570.